The number of nitro groups is 1. The molecule has 2 aromatic rings. The Balaban J connectivity index is 2.12. The number of nitro benzene ring substituents is 1. The molecule has 1 aromatic carbocycles. The highest BCUT2D eigenvalue weighted by molar-refractivity contribution is 7.13. The third-order valence-corrected chi connectivity index (χ3v) is 4.02. The third kappa shape index (κ3) is 4.13. The molecule has 126 valence electrons. The molecule has 0 radical (unpaired) electrons. The molecule has 0 atom stereocenters. The van der Waals surface area contributed by atoms with E-state index in [-0.39, 0.29) is 23.7 Å². The fourth-order valence-electron chi connectivity index (χ4n) is 2.07. The summed E-state index contributed by atoms with van der Waals surface area (Å²) in [5.41, 5.74) is 0.529. The van der Waals surface area contributed by atoms with Gasteiger partial charge in [0.2, 0.25) is 5.91 Å². The Morgan fingerprint density at radius 2 is 2.17 bits per heavy atom. The average molecular weight is 348 g/mol. The molecule has 2 amide bonds. The van der Waals surface area contributed by atoms with Crippen molar-refractivity contribution in [3.05, 3.63) is 51.0 Å². The minimum atomic E-state index is -0.530. The van der Waals surface area contributed by atoms with Crippen molar-refractivity contribution in [1.82, 2.24) is 9.88 Å². The first-order chi connectivity index (χ1) is 11.4. The topological polar surface area (TPSA) is 105 Å². The number of amides is 2. The van der Waals surface area contributed by atoms with Gasteiger partial charge in [-0.3, -0.25) is 19.7 Å². The summed E-state index contributed by atoms with van der Waals surface area (Å²) >= 11 is 1.28. The molecular formula is C15H16N4O4S. The molecule has 9 heteroatoms. The van der Waals surface area contributed by atoms with E-state index in [0.717, 1.165) is 0 Å². The van der Waals surface area contributed by atoms with E-state index in [0.29, 0.717) is 17.2 Å². The number of hydrogen-bond donors (Lipinski definition) is 1. The number of hydrogen-bond acceptors (Lipinski definition) is 6. The third-order valence-electron chi connectivity index (χ3n) is 3.33. The molecule has 0 saturated heterocycles. The highest BCUT2D eigenvalue weighted by atomic mass is 32.1. The smallest absolute Gasteiger partial charge is 0.273 e. The molecule has 0 aliphatic heterocycles. The summed E-state index contributed by atoms with van der Waals surface area (Å²) < 4.78 is 0. The van der Waals surface area contributed by atoms with E-state index in [4.69, 9.17) is 0 Å². The van der Waals surface area contributed by atoms with Crippen LogP contribution in [0.2, 0.25) is 0 Å². The van der Waals surface area contributed by atoms with E-state index < -0.39 is 10.8 Å². The summed E-state index contributed by atoms with van der Waals surface area (Å²) in [6, 6.07) is 4.28. The van der Waals surface area contributed by atoms with Gasteiger partial charge in [0.25, 0.3) is 11.6 Å². The summed E-state index contributed by atoms with van der Waals surface area (Å²) in [6.07, 6.45) is 1.56. The molecule has 0 aliphatic rings. The van der Waals surface area contributed by atoms with Crippen molar-refractivity contribution in [1.29, 1.82) is 0 Å². The van der Waals surface area contributed by atoms with Crippen molar-refractivity contribution in [3.63, 3.8) is 0 Å². The standard InChI is InChI=1S/C15H16N4O4S/c1-3-18(9-13(20)17-15-16-6-7-24-15)14(21)11-5-4-10(2)12(8-11)19(22)23/h4-8H,3,9H2,1-2H3,(H,16,17,20). The number of nitrogens with zero attached hydrogens (tertiary/aromatic N) is 3. The maximum absolute atomic E-state index is 12.5. The van der Waals surface area contributed by atoms with Gasteiger partial charge in [-0.25, -0.2) is 4.98 Å². The van der Waals surface area contributed by atoms with Gasteiger partial charge in [0.1, 0.15) is 6.54 Å². The van der Waals surface area contributed by atoms with Crippen LogP contribution in [0.15, 0.2) is 29.8 Å². The molecular weight excluding hydrogens is 332 g/mol. The second kappa shape index (κ2) is 7.64. The van der Waals surface area contributed by atoms with Crippen LogP contribution in [0.4, 0.5) is 10.8 Å². The van der Waals surface area contributed by atoms with Crippen LogP contribution in [-0.2, 0) is 4.79 Å². The number of aryl methyl sites for hydroxylation is 1. The maximum atomic E-state index is 12.5. The molecule has 0 aliphatic carbocycles. The molecule has 0 spiro atoms. The Kier molecular flexibility index (Phi) is 5.59. The van der Waals surface area contributed by atoms with E-state index in [2.05, 4.69) is 10.3 Å². The zero-order valence-corrected chi connectivity index (χ0v) is 14.0. The molecule has 8 nitrogen and oxygen atoms in total. The molecule has 2 rings (SSSR count). The van der Waals surface area contributed by atoms with E-state index in [1.54, 1.807) is 25.4 Å². The van der Waals surface area contributed by atoms with Crippen molar-refractivity contribution in [2.75, 3.05) is 18.4 Å². The van der Waals surface area contributed by atoms with Crippen molar-refractivity contribution >= 4 is 34.0 Å². The molecule has 1 heterocycles. The van der Waals surface area contributed by atoms with Crippen LogP contribution in [0.3, 0.4) is 0 Å². The lowest BCUT2D eigenvalue weighted by molar-refractivity contribution is -0.385. The number of rotatable bonds is 6. The quantitative estimate of drug-likeness (QED) is 0.637. The molecule has 0 unspecified atom stereocenters. The molecule has 0 bridgehead atoms. The number of aromatic nitrogens is 1. The van der Waals surface area contributed by atoms with Crippen molar-refractivity contribution < 1.29 is 14.5 Å². The first kappa shape index (κ1) is 17.5. The van der Waals surface area contributed by atoms with Gasteiger partial charge in [0.15, 0.2) is 5.13 Å². The van der Waals surface area contributed by atoms with Crippen LogP contribution in [0.25, 0.3) is 0 Å². The highest BCUT2D eigenvalue weighted by Crippen LogP contribution is 2.20. The van der Waals surface area contributed by atoms with Crippen LogP contribution in [0.1, 0.15) is 22.8 Å². The van der Waals surface area contributed by atoms with E-state index in [1.807, 2.05) is 0 Å². The van der Waals surface area contributed by atoms with Gasteiger partial charge < -0.3 is 10.2 Å². The largest absolute Gasteiger partial charge is 0.330 e. The summed E-state index contributed by atoms with van der Waals surface area (Å²) in [7, 11) is 0. The summed E-state index contributed by atoms with van der Waals surface area (Å²) in [5, 5.41) is 15.8. The fraction of sp³-hybridized carbons (Fsp3) is 0.267. The van der Waals surface area contributed by atoms with Gasteiger partial charge in [0, 0.05) is 35.3 Å². The maximum Gasteiger partial charge on any atom is 0.273 e. The van der Waals surface area contributed by atoms with Gasteiger partial charge in [-0.1, -0.05) is 6.07 Å². The van der Waals surface area contributed by atoms with Crippen LogP contribution < -0.4 is 5.32 Å². The number of thiazole rings is 1. The first-order valence-electron chi connectivity index (χ1n) is 7.16. The van der Waals surface area contributed by atoms with E-state index >= 15 is 0 Å². The lowest BCUT2D eigenvalue weighted by atomic mass is 10.1. The van der Waals surface area contributed by atoms with E-state index in [9.17, 15) is 19.7 Å². The minimum absolute atomic E-state index is 0.121. The Morgan fingerprint density at radius 3 is 2.75 bits per heavy atom. The van der Waals surface area contributed by atoms with E-state index in [1.165, 1.54) is 34.4 Å². The zero-order chi connectivity index (χ0) is 17.7. The first-order valence-corrected chi connectivity index (χ1v) is 8.04. The monoisotopic (exact) mass is 348 g/mol. The second-order valence-corrected chi connectivity index (χ2v) is 5.86. The average Bonchev–Trinajstić information content (AvgIpc) is 3.05. The number of likely N-dealkylation sites (N-methyl/N-ethyl adjacent to an activating group) is 1. The lowest BCUT2D eigenvalue weighted by Gasteiger charge is -2.20. The summed E-state index contributed by atoms with van der Waals surface area (Å²) in [5.74, 6) is -0.809. The number of anilines is 1. The van der Waals surface area contributed by atoms with Gasteiger partial charge in [-0.2, -0.15) is 0 Å². The Hall–Kier alpha value is -2.81. The summed E-state index contributed by atoms with van der Waals surface area (Å²) in [6.45, 7) is 3.48. The Bertz CT molecular complexity index is 761. The van der Waals surface area contributed by atoms with Gasteiger partial charge in [0.05, 0.1) is 4.92 Å². The predicted octanol–water partition coefficient (Wildman–Crippen LogP) is 2.46. The normalized spacial score (nSPS) is 10.2. The predicted molar refractivity (Wildman–Crippen MR) is 90.2 cm³/mol. The number of nitrogens with one attached hydrogen (secondary N) is 1. The molecule has 24 heavy (non-hydrogen) atoms. The van der Waals surface area contributed by atoms with Crippen molar-refractivity contribution in [2.24, 2.45) is 0 Å². The number of carbonyl (C=O) groups is 2. The van der Waals surface area contributed by atoms with Crippen LogP contribution >= 0.6 is 11.3 Å². The van der Waals surface area contributed by atoms with Crippen molar-refractivity contribution in [2.45, 2.75) is 13.8 Å². The number of carbonyl (C=O) groups excluding carboxylic acids is 2. The van der Waals surface area contributed by atoms with Crippen molar-refractivity contribution in [3.8, 4) is 0 Å². The Labute approximate surface area is 142 Å². The molecule has 0 saturated carbocycles. The molecule has 0 fully saturated rings. The fourth-order valence-corrected chi connectivity index (χ4v) is 2.61. The molecule has 1 aromatic heterocycles. The lowest BCUT2D eigenvalue weighted by Crippen LogP contribution is -2.37. The second-order valence-electron chi connectivity index (χ2n) is 4.96. The van der Waals surface area contributed by atoms with Crippen LogP contribution in [0, 0.1) is 17.0 Å². The van der Waals surface area contributed by atoms with Gasteiger partial charge in [-0.05, 0) is 19.9 Å². The zero-order valence-electron chi connectivity index (χ0n) is 13.2. The van der Waals surface area contributed by atoms with Gasteiger partial charge >= 0.3 is 0 Å². The highest BCUT2D eigenvalue weighted by Gasteiger charge is 2.21. The Morgan fingerprint density at radius 1 is 1.42 bits per heavy atom. The SMILES string of the molecule is CCN(CC(=O)Nc1nccs1)C(=O)c1ccc(C)c([N+](=O)[O-])c1. The number of benzene rings is 1. The van der Waals surface area contributed by atoms with Gasteiger partial charge in [-0.15, -0.1) is 11.3 Å². The minimum Gasteiger partial charge on any atom is -0.330 e. The van der Waals surface area contributed by atoms with Crippen LogP contribution in [-0.4, -0.2) is 39.7 Å². The summed E-state index contributed by atoms with van der Waals surface area (Å²) in [4.78, 5) is 40.2. The van der Waals surface area contributed by atoms with Crippen LogP contribution in [0.5, 0.6) is 0 Å². The molecule has 1 N–H and O–H groups in total.